The van der Waals surface area contributed by atoms with Crippen LogP contribution in [0.4, 0.5) is 11.5 Å². The van der Waals surface area contributed by atoms with Crippen molar-refractivity contribution in [2.45, 2.75) is 18.9 Å². The number of pyridine rings is 1. The van der Waals surface area contributed by atoms with E-state index in [0.29, 0.717) is 17.5 Å². The fourth-order valence-corrected chi connectivity index (χ4v) is 2.50. The van der Waals surface area contributed by atoms with Gasteiger partial charge in [-0.25, -0.2) is 9.78 Å². The van der Waals surface area contributed by atoms with Gasteiger partial charge in [-0.05, 0) is 38.6 Å². The van der Waals surface area contributed by atoms with Crippen LogP contribution in [0.2, 0.25) is 0 Å². The first-order valence-corrected chi connectivity index (χ1v) is 6.40. The highest BCUT2D eigenvalue weighted by atomic mass is 16.4. The molecule has 1 aromatic rings. The molecular weight excluding hydrogens is 244 g/mol. The summed E-state index contributed by atoms with van der Waals surface area (Å²) < 4.78 is 0. The molecule has 0 saturated carbocycles. The van der Waals surface area contributed by atoms with Crippen LogP contribution in [-0.2, 0) is 0 Å². The van der Waals surface area contributed by atoms with E-state index in [1.54, 1.807) is 6.07 Å². The third-order valence-electron chi connectivity index (χ3n) is 3.64. The van der Waals surface area contributed by atoms with E-state index in [2.05, 4.69) is 16.9 Å². The average Bonchev–Trinajstić information content (AvgIpc) is 2.75. The lowest BCUT2D eigenvalue weighted by Crippen LogP contribution is -2.37. The molecule has 1 atom stereocenters. The van der Waals surface area contributed by atoms with Crippen LogP contribution < -0.4 is 10.6 Å². The summed E-state index contributed by atoms with van der Waals surface area (Å²) in [6.45, 7) is 1.91. The molecule has 1 aliphatic rings. The number of hydrogen-bond acceptors (Lipinski definition) is 5. The number of carboxylic acids is 1. The van der Waals surface area contributed by atoms with Crippen molar-refractivity contribution in [2.75, 3.05) is 37.8 Å². The summed E-state index contributed by atoms with van der Waals surface area (Å²) in [7, 11) is 4.01. The lowest BCUT2D eigenvalue weighted by molar-refractivity contribution is 0.0690. The first kappa shape index (κ1) is 13.6. The van der Waals surface area contributed by atoms with Gasteiger partial charge in [0.15, 0.2) is 11.5 Å². The van der Waals surface area contributed by atoms with Gasteiger partial charge in [0, 0.05) is 19.6 Å². The monoisotopic (exact) mass is 264 g/mol. The zero-order chi connectivity index (χ0) is 14.0. The van der Waals surface area contributed by atoms with E-state index in [-0.39, 0.29) is 5.69 Å². The molecule has 6 heteroatoms. The predicted octanol–water partition coefficient (Wildman–Crippen LogP) is 0.892. The van der Waals surface area contributed by atoms with E-state index in [9.17, 15) is 4.79 Å². The van der Waals surface area contributed by atoms with Crippen molar-refractivity contribution in [1.29, 1.82) is 0 Å². The molecule has 19 heavy (non-hydrogen) atoms. The third kappa shape index (κ3) is 2.96. The maximum atomic E-state index is 11.0. The smallest absolute Gasteiger partial charge is 0.354 e. The lowest BCUT2D eigenvalue weighted by atomic mass is 10.2. The van der Waals surface area contributed by atoms with E-state index in [1.165, 1.54) is 12.5 Å². The summed E-state index contributed by atoms with van der Waals surface area (Å²) in [6.07, 6.45) is 2.35. The molecule has 0 bridgehead atoms. The van der Waals surface area contributed by atoms with Crippen LogP contribution >= 0.6 is 0 Å². The fraction of sp³-hybridized carbons (Fsp3) is 0.538. The quantitative estimate of drug-likeness (QED) is 0.840. The maximum absolute atomic E-state index is 11.0. The molecule has 2 heterocycles. The van der Waals surface area contributed by atoms with E-state index >= 15 is 0 Å². The van der Waals surface area contributed by atoms with Gasteiger partial charge in [-0.15, -0.1) is 0 Å². The molecule has 0 spiro atoms. The molecule has 1 aromatic heterocycles. The van der Waals surface area contributed by atoms with E-state index in [1.807, 2.05) is 11.9 Å². The molecule has 6 nitrogen and oxygen atoms in total. The number of rotatable bonds is 4. The van der Waals surface area contributed by atoms with Crippen molar-refractivity contribution in [2.24, 2.45) is 0 Å². The molecule has 0 aromatic carbocycles. The van der Waals surface area contributed by atoms with Gasteiger partial charge in [0.1, 0.15) is 0 Å². The van der Waals surface area contributed by atoms with Crippen LogP contribution in [-0.4, -0.2) is 54.2 Å². The number of anilines is 2. The summed E-state index contributed by atoms with van der Waals surface area (Å²) in [5, 5.41) is 8.98. The van der Waals surface area contributed by atoms with Crippen molar-refractivity contribution in [3.05, 3.63) is 17.8 Å². The molecular formula is C13H20N4O2. The lowest BCUT2D eigenvalue weighted by Gasteiger charge is -2.27. The highest BCUT2D eigenvalue weighted by Gasteiger charge is 2.23. The van der Waals surface area contributed by atoms with E-state index in [4.69, 9.17) is 10.8 Å². The first-order valence-electron chi connectivity index (χ1n) is 6.40. The summed E-state index contributed by atoms with van der Waals surface area (Å²) in [4.78, 5) is 19.3. The van der Waals surface area contributed by atoms with Gasteiger partial charge in [-0.2, -0.15) is 0 Å². The molecule has 0 radical (unpaired) electrons. The van der Waals surface area contributed by atoms with Gasteiger partial charge >= 0.3 is 5.97 Å². The second-order valence-corrected chi connectivity index (χ2v) is 5.07. The molecule has 2 rings (SSSR count). The Kier molecular flexibility index (Phi) is 3.90. The number of aromatic nitrogens is 1. The van der Waals surface area contributed by atoms with Crippen molar-refractivity contribution in [3.63, 3.8) is 0 Å². The van der Waals surface area contributed by atoms with Gasteiger partial charge < -0.3 is 20.6 Å². The topological polar surface area (TPSA) is 82.7 Å². The van der Waals surface area contributed by atoms with Crippen LogP contribution in [0.3, 0.4) is 0 Å². The Morgan fingerprint density at radius 2 is 2.37 bits per heavy atom. The van der Waals surface area contributed by atoms with Crippen LogP contribution in [0.15, 0.2) is 12.1 Å². The van der Waals surface area contributed by atoms with Crippen LogP contribution in [0.5, 0.6) is 0 Å². The Hall–Kier alpha value is -1.82. The molecule has 1 fully saturated rings. The van der Waals surface area contributed by atoms with E-state index in [0.717, 1.165) is 19.5 Å². The number of hydrogen-bond donors (Lipinski definition) is 2. The number of likely N-dealkylation sites (tertiary alicyclic amines) is 1. The number of nitrogens with two attached hydrogens (primary N) is 1. The predicted molar refractivity (Wildman–Crippen MR) is 74.5 cm³/mol. The molecule has 3 N–H and O–H groups in total. The van der Waals surface area contributed by atoms with Crippen LogP contribution in [0.25, 0.3) is 0 Å². The minimum Gasteiger partial charge on any atom is -0.477 e. The van der Waals surface area contributed by atoms with Gasteiger partial charge in [0.25, 0.3) is 0 Å². The van der Waals surface area contributed by atoms with Crippen molar-refractivity contribution in [1.82, 2.24) is 9.88 Å². The van der Waals surface area contributed by atoms with Crippen molar-refractivity contribution >= 4 is 17.5 Å². The summed E-state index contributed by atoms with van der Waals surface area (Å²) >= 11 is 0. The molecule has 104 valence electrons. The van der Waals surface area contributed by atoms with Crippen molar-refractivity contribution < 1.29 is 9.90 Å². The Bertz CT molecular complexity index is 478. The Morgan fingerprint density at radius 3 is 2.95 bits per heavy atom. The molecule has 0 aliphatic carbocycles. The number of nitrogen functional groups attached to an aromatic ring is 1. The number of carbonyl (C=O) groups is 1. The third-order valence-corrected chi connectivity index (χ3v) is 3.64. The zero-order valence-corrected chi connectivity index (χ0v) is 11.3. The number of nitrogens with zero attached hydrogens (tertiary/aromatic N) is 3. The van der Waals surface area contributed by atoms with Gasteiger partial charge in [-0.1, -0.05) is 0 Å². The molecule has 0 amide bonds. The van der Waals surface area contributed by atoms with Crippen molar-refractivity contribution in [3.8, 4) is 0 Å². The van der Waals surface area contributed by atoms with Crippen LogP contribution in [0.1, 0.15) is 23.3 Å². The normalized spacial score (nSPS) is 19.6. The standard InChI is InChI=1S/C13H20N4O2/c1-16-7-3-4-9(16)8-17(2)12-10(14)5-6-11(15-12)13(18)19/h5-6,9H,3-4,7-8,14H2,1-2H3,(H,18,19). The zero-order valence-electron chi connectivity index (χ0n) is 11.3. The second-order valence-electron chi connectivity index (χ2n) is 5.07. The van der Waals surface area contributed by atoms with Gasteiger partial charge in [0.05, 0.1) is 5.69 Å². The van der Waals surface area contributed by atoms with Gasteiger partial charge in [0.2, 0.25) is 0 Å². The fourth-order valence-electron chi connectivity index (χ4n) is 2.50. The largest absolute Gasteiger partial charge is 0.477 e. The number of aromatic carboxylic acids is 1. The summed E-state index contributed by atoms with van der Waals surface area (Å²) in [6, 6.07) is 3.50. The number of carboxylic acid groups (broad SMARTS) is 1. The molecule has 1 saturated heterocycles. The SMILES string of the molecule is CN(CC1CCCN1C)c1nc(C(=O)O)ccc1N. The Labute approximate surface area is 112 Å². The molecule has 1 unspecified atom stereocenters. The molecule has 1 aliphatic heterocycles. The minimum atomic E-state index is -1.03. The second kappa shape index (κ2) is 5.44. The minimum absolute atomic E-state index is 0.0239. The highest BCUT2D eigenvalue weighted by molar-refractivity contribution is 5.86. The Balaban J connectivity index is 2.15. The van der Waals surface area contributed by atoms with Crippen LogP contribution in [0, 0.1) is 0 Å². The first-order chi connectivity index (χ1) is 8.99. The Morgan fingerprint density at radius 1 is 1.63 bits per heavy atom. The van der Waals surface area contributed by atoms with Gasteiger partial charge in [-0.3, -0.25) is 0 Å². The highest BCUT2D eigenvalue weighted by Crippen LogP contribution is 2.23. The maximum Gasteiger partial charge on any atom is 0.354 e. The average molecular weight is 264 g/mol. The summed E-state index contributed by atoms with van der Waals surface area (Å²) in [5.41, 5.74) is 6.42. The number of likely N-dealkylation sites (N-methyl/N-ethyl adjacent to an activating group) is 2. The summed E-state index contributed by atoms with van der Waals surface area (Å²) in [5.74, 6) is -0.493. The van der Waals surface area contributed by atoms with E-state index < -0.39 is 5.97 Å².